The molecule has 3 aromatic rings. The van der Waals surface area contributed by atoms with Gasteiger partial charge >= 0.3 is 0 Å². The fourth-order valence-electron chi connectivity index (χ4n) is 1.70. The van der Waals surface area contributed by atoms with Crippen LogP contribution in [-0.2, 0) is 0 Å². The number of nitrogens with zero attached hydrogens (tertiary/aromatic N) is 1. The number of carbonyl (C=O) groups excluding carboxylic acids is 1. The summed E-state index contributed by atoms with van der Waals surface area (Å²) in [5, 5.41) is 3.37. The van der Waals surface area contributed by atoms with Crippen LogP contribution in [0.1, 0.15) is 15.9 Å². The van der Waals surface area contributed by atoms with Gasteiger partial charge in [-0.1, -0.05) is 23.5 Å². The van der Waals surface area contributed by atoms with Crippen LogP contribution in [0.25, 0.3) is 10.2 Å². The summed E-state index contributed by atoms with van der Waals surface area (Å²) in [5.41, 5.74) is 2.53. The minimum atomic E-state index is -0.208. The Morgan fingerprint density at radius 1 is 1.39 bits per heavy atom. The van der Waals surface area contributed by atoms with Crippen molar-refractivity contribution in [1.29, 1.82) is 0 Å². The van der Waals surface area contributed by atoms with Crippen molar-refractivity contribution in [1.82, 2.24) is 4.98 Å². The fraction of sp³-hybridized carbons (Fsp3) is 0.0769. The van der Waals surface area contributed by atoms with E-state index in [1.165, 1.54) is 23.9 Å². The highest BCUT2D eigenvalue weighted by molar-refractivity contribution is 7.22. The van der Waals surface area contributed by atoms with Crippen LogP contribution in [0, 0.1) is 6.92 Å². The van der Waals surface area contributed by atoms with Crippen molar-refractivity contribution in [3.8, 4) is 0 Å². The zero-order chi connectivity index (χ0) is 12.5. The molecule has 2 heterocycles. The molecule has 18 heavy (non-hydrogen) atoms. The molecule has 1 amide bonds. The summed E-state index contributed by atoms with van der Waals surface area (Å²) in [4.78, 5) is 16.3. The van der Waals surface area contributed by atoms with Crippen LogP contribution in [0.15, 0.2) is 41.2 Å². The van der Waals surface area contributed by atoms with Crippen molar-refractivity contribution in [3.63, 3.8) is 0 Å². The second-order valence-corrected chi connectivity index (χ2v) is 4.94. The Bertz CT molecular complexity index is 701. The van der Waals surface area contributed by atoms with Gasteiger partial charge in [0, 0.05) is 0 Å². The average Bonchev–Trinajstić information content (AvgIpc) is 2.97. The molecule has 0 saturated heterocycles. The lowest BCUT2D eigenvalue weighted by molar-refractivity contribution is 0.102. The molecule has 0 spiro atoms. The van der Waals surface area contributed by atoms with Crippen molar-refractivity contribution in [2.45, 2.75) is 6.92 Å². The van der Waals surface area contributed by atoms with Crippen LogP contribution in [0.3, 0.4) is 0 Å². The van der Waals surface area contributed by atoms with Crippen molar-refractivity contribution in [3.05, 3.63) is 47.9 Å². The number of anilines is 1. The number of aromatic nitrogens is 1. The molecule has 0 aliphatic carbocycles. The summed E-state index contributed by atoms with van der Waals surface area (Å²) in [7, 11) is 0. The molecule has 1 N–H and O–H groups in total. The molecule has 0 unspecified atom stereocenters. The molecule has 3 rings (SSSR count). The molecule has 0 radical (unpaired) electrons. The summed E-state index contributed by atoms with van der Waals surface area (Å²) in [5.74, 6) is -0.208. The first-order chi connectivity index (χ1) is 8.74. The van der Waals surface area contributed by atoms with Gasteiger partial charge in [-0.3, -0.25) is 10.1 Å². The van der Waals surface area contributed by atoms with Crippen molar-refractivity contribution in [2.24, 2.45) is 0 Å². The lowest BCUT2D eigenvalue weighted by Gasteiger charge is -1.96. The molecule has 0 bridgehead atoms. The molecule has 2 aromatic heterocycles. The van der Waals surface area contributed by atoms with E-state index in [4.69, 9.17) is 4.42 Å². The number of para-hydroxylation sites is 1. The van der Waals surface area contributed by atoms with E-state index in [2.05, 4.69) is 10.3 Å². The Hall–Kier alpha value is -2.14. The Labute approximate surface area is 107 Å². The Morgan fingerprint density at radius 3 is 3.00 bits per heavy atom. The molecule has 0 saturated carbocycles. The van der Waals surface area contributed by atoms with Crippen LogP contribution in [-0.4, -0.2) is 10.9 Å². The molecule has 5 heteroatoms. The second-order valence-electron chi connectivity index (χ2n) is 3.91. The summed E-state index contributed by atoms with van der Waals surface area (Å²) in [6, 6.07) is 7.60. The summed E-state index contributed by atoms with van der Waals surface area (Å²) in [6.07, 6.45) is 2.88. The standard InChI is InChI=1S/C13H10N2O2S/c1-8-3-2-4-10-11(8)14-13(18-10)15-12(16)9-5-6-17-7-9/h2-7H,1H3,(H,14,15,16). The van der Waals surface area contributed by atoms with Crippen molar-refractivity contribution < 1.29 is 9.21 Å². The largest absolute Gasteiger partial charge is 0.472 e. The maximum atomic E-state index is 11.8. The number of aryl methyl sites for hydroxylation is 1. The third kappa shape index (κ3) is 1.89. The maximum Gasteiger partial charge on any atom is 0.260 e. The van der Waals surface area contributed by atoms with E-state index in [1.54, 1.807) is 6.07 Å². The highest BCUT2D eigenvalue weighted by Crippen LogP contribution is 2.28. The van der Waals surface area contributed by atoms with E-state index >= 15 is 0 Å². The minimum Gasteiger partial charge on any atom is -0.472 e. The molecule has 1 aromatic carbocycles. The topological polar surface area (TPSA) is 55.1 Å². The number of nitrogens with one attached hydrogen (secondary N) is 1. The zero-order valence-corrected chi connectivity index (χ0v) is 10.5. The van der Waals surface area contributed by atoms with E-state index in [0.717, 1.165) is 15.8 Å². The van der Waals surface area contributed by atoms with Gasteiger partial charge in [-0.25, -0.2) is 4.98 Å². The molecular formula is C13H10N2O2S. The first-order valence-electron chi connectivity index (χ1n) is 5.44. The third-order valence-electron chi connectivity index (χ3n) is 2.62. The molecule has 90 valence electrons. The Balaban J connectivity index is 1.92. The van der Waals surface area contributed by atoms with Gasteiger partial charge in [0.2, 0.25) is 0 Å². The molecule has 0 fully saturated rings. The maximum absolute atomic E-state index is 11.8. The molecule has 0 atom stereocenters. The van der Waals surface area contributed by atoms with E-state index in [1.807, 2.05) is 25.1 Å². The van der Waals surface area contributed by atoms with E-state index in [9.17, 15) is 4.79 Å². The third-order valence-corrected chi connectivity index (χ3v) is 3.56. The fourth-order valence-corrected chi connectivity index (χ4v) is 2.64. The lowest BCUT2D eigenvalue weighted by Crippen LogP contribution is -2.10. The SMILES string of the molecule is Cc1cccc2sc(NC(=O)c3ccoc3)nc12. The molecule has 0 aliphatic rings. The lowest BCUT2D eigenvalue weighted by atomic mass is 10.2. The number of rotatable bonds is 2. The van der Waals surface area contributed by atoms with Crippen molar-refractivity contribution in [2.75, 3.05) is 5.32 Å². The predicted molar refractivity (Wildman–Crippen MR) is 71.0 cm³/mol. The van der Waals surface area contributed by atoms with Gasteiger partial charge in [-0.05, 0) is 24.6 Å². The smallest absolute Gasteiger partial charge is 0.260 e. The monoisotopic (exact) mass is 258 g/mol. The predicted octanol–water partition coefficient (Wildman–Crippen LogP) is 3.45. The van der Waals surface area contributed by atoms with Crippen molar-refractivity contribution >= 4 is 32.6 Å². The second kappa shape index (κ2) is 4.27. The molecule has 0 aliphatic heterocycles. The van der Waals surface area contributed by atoms with Crippen LogP contribution in [0.5, 0.6) is 0 Å². The number of hydrogen-bond donors (Lipinski definition) is 1. The van der Waals surface area contributed by atoms with Crippen LogP contribution < -0.4 is 5.32 Å². The Kier molecular flexibility index (Phi) is 2.60. The normalized spacial score (nSPS) is 10.7. The quantitative estimate of drug-likeness (QED) is 0.766. The van der Waals surface area contributed by atoms with Crippen LogP contribution in [0.4, 0.5) is 5.13 Å². The summed E-state index contributed by atoms with van der Waals surface area (Å²) < 4.78 is 5.94. The van der Waals surface area contributed by atoms with Gasteiger partial charge in [-0.2, -0.15) is 0 Å². The average molecular weight is 258 g/mol. The minimum absolute atomic E-state index is 0.208. The highest BCUT2D eigenvalue weighted by Gasteiger charge is 2.11. The first kappa shape index (κ1) is 11.0. The van der Waals surface area contributed by atoms with Crippen LogP contribution >= 0.6 is 11.3 Å². The number of fused-ring (bicyclic) bond motifs is 1. The van der Waals surface area contributed by atoms with Crippen LogP contribution in [0.2, 0.25) is 0 Å². The van der Waals surface area contributed by atoms with Gasteiger partial charge in [0.25, 0.3) is 5.91 Å². The highest BCUT2D eigenvalue weighted by atomic mass is 32.1. The van der Waals surface area contributed by atoms with Gasteiger partial charge < -0.3 is 4.42 Å². The number of benzene rings is 1. The summed E-state index contributed by atoms with van der Waals surface area (Å²) >= 11 is 1.46. The number of amides is 1. The Morgan fingerprint density at radius 2 is 2.28 bits per heavy atom. The molecular weight excluding hydrogens is 248 g/mol. The number of carbonyl (C=O) groups is 1. The van der Waals surface area contributed by atoms with E-state index in [0.29, 0.717) is 10.7 Å². The van der Waals surface area contributed by atoms with Gasteiger partial charge in [-0.15, -0.1) is 0 Å². The first-order valence-corrected chi connectivity index (χ1v) is 6.25. The summed E-state index contributed by atoms with van der Waals surface area (Å²) in [6.45, 7) is 2.00. The molecule has 4 nitrogen and oxygen atoms in total. The number of furan rings is 1. The number of thiazole rings is 1. The van der Waals surface area contributed by atoms with Gasteiger partial charge in [0.15, 0.2) is 5.13 Å². The number of hydrogen-bond acceptors (Lipinski definition) is 4. The van der Waals surface area contributed by atoms with E-state index < -0.39 is 0 Å². The van der Waals surface area contributed by atoms with Gasteiger partial charge in [0.05, 0.1) is 22.0 Å². The van der Waals surface area contributed by atoms with Gasteiger partial charge in [0.1, 0.15) is 6.26 Å². The zero-order valence-electron chi connectivity index (χ0n) is 9.64. The van der Waals surface area contributed by atoms with E-state index in [-0.39, 0.29) is 5.91 Å².